The molecule has 2 aromatic carbocycles. The summed E-state index contributed by atoms with van der Waals surface area (Å²) in [7, 11) is -7.30. The molecule has 4 rings (SSSR count). The molecular weight excluding hydrogens is 591 g/mol. The van der Waals surface area contributed by atoms with Gasteiger partial charge in [-0.2, -0.15) is 21.6 Å². The van der Waals surface area contributed by atoms with Gasteiger partial charge in [0, 0.05) is 5.56 Å². The third kappa shape index (κ3) is 4.66. The second-order valence-electron chi connectivity index (χ2n) is 7.87. The molecular formula is C22H20F3NO12S2. The van der Waals surface area contributed by atoms with E-state index in [4.69, 9.17) is 23.7 Å². The Labute approximate surface area is 225 Å². The van der Waals surface area contributed by atoms with E-state index in [1.165, 1.54) is 18.2 Å². The summed E-state index contributed by atoms with van der Waals surface area (Å²) in [5.74, 6) is -3.44. The second kappa shape index (κ2) is 10.2. The van der Waals surface area contributed by atoms with E-state index in [1.807, 2.05) is 0 Å². The first kappa shape index (κ1) is 28.9. The fourth-order valence-electron chi connectivity index (χ4n) is 3.93. The molecule has 0 aromatic heterocycles. The van der Waals surface area contributed by atoms with Gasteiger partial charge in [-0.05, 0) is 23.8 Å². The first-order chi connectivity index (χ1) is 18.7. The molecule has 0 radical (unpaired) electrons. The zero-order valence-electron chi connectivity index (χ0n) is 21.0. The molecule has 18 heteroatoms. The van der Waals surface area contributed by atoms with E-state index in [9.17, 15) is 34.8 Å². The third-order valence-corrected chi connectivity index (χ3v) is 8.43. The minimum atomic E-state index is -6.45. The van der Waals surface area contributed by atoms with Gasteiger partial charge in [-0.25, -0.2) is 13.2 Å². The fourth-order valence-corrected chi connectivity index (χ4v) is 6.19. The average molecular weight is 612 g/mol. The molecule has 218 valence electrons. The van der Waals surface area contributed by atoms with Crippen LogP contribution in [0.1, 0.15) is 11.1 Å². The van der Waals surface area contributed by atoms with Crippen LogP contribution in [0.25, 0.3) is 5.76 Å². The lowest BCUT2D eigenvalue weighted by molar-refractivity contribution is -0.137. The Morgan fingerprint density at radius 3 is 2.23 bits per heavy atom. The molecule has 2 aliphatic heterocycles. The first-order valence-corrected chi connectivity index (χ1v) is 13.6. The lowest BCUT2D eigenvalue weighted by Gasteiger charge is -2.33. The maximum Gasteiger partial charge on any atom is 0.534 e. The molecule has 0 saturated heterocycles. The molecule has 0 atom stereocenters. The highest BCUT2D eigenvalue weighted by Crippen LogP contribution is 2.51. The van der Waals surface area contributed by atoms with Crippen molar-refractivity contribution in [2.45, 2.75) is 16.9 Å². The number of rotatable bonds is 8. The molecule has 0 aliphatic carbocycles. The van der Waals surface area contributed by atoms with Gasteiger partial charge in [0.25, 0.3) is 10.0 Å². The summed E-state index contributed by atoms with van der Waals surface area (Å²) in [5.41, 5.74) is -7.77. The summed E-state index contributed by atoms with van der Waals surface area (Å²) in [5, 5.41) is 0. The van der Waals surface area contributed by atoms with Crippen molar-refractivity contribution in [3.63, 3.8) is 0 Å². The molecule has 0 bridgehead atoms. The number of methoxy groups -OCH3 is 4. The second-order valence-corrected chi connectivity index (χ2v) is 11.2. The van der Waals surface area contributed by atoms with E-state index in [-0.39, 0.29) is 29.6 Å². The van der Waals surface area contributed by atoms with Crippen LogP contribution in [-0.4, -0.2) is 67.9 Å². The predicted molar refractivity (Wildman–Crippen MR) is 126 cm³/mol. The number of carbonyl (C=O) groups excluding carboxylic acids is 1. The standard InChI is InChI=1S/C22H20F3NO12S2/c1-32-15-8-12-17(38-40(30,31)22(23,24)25)16(21(27)35-4)26(9-11-5-6-13-14(7-11)37-10-36-13)39(28,29)20(12)19(34-3)18(15)33-2/h5-8H,9-10H2,1-4H3. The number of halogens is 3. The SMILES string of the molecule is COC(=O)C1=C(OS(=O)(=O)C(F)(F)F)c2cc(OC)c(OC)c(OC)c2S(=O)(=O)N1Cc1ccc2c(c1)OCO2. The van der Waals surface area contributed by atoms with Gasteiger partial charge >= 0.3 is 21.6 Å². The van der Waals surface area contributed by atoms with Crippen LogP contribution in [-0.2, 0) is 40.4 Å². The van der Waals surface area contributed by atoms with E-state index in [2.05, 4.69) is 8.92 Å². The van der Waals surface area contributed by atoms with E-state index in [1.54, 1.807) is 0 Å². The van der Waals surface area contributed by atoms with Crippen LogP contribution >= 0.6 is 0 Å². The number of sulfonamides is 1. The summed E-state index contributed by atoms with van der Waals surface area (Å²) in [6, 6.07) is 5.02. The van der Waals surface area contributed by atoms with Crippen LogP contribution in [0.15, 0.2) is 34.9 Å². The largest absolute Gasteiger partial charge is 0.534 e. The van der Waals surface area contributed by atoms with Gasteiger partial charge in [0.05, 0.1) is 35.0 Å². The minimum absolute atomic E-state index is 0.117. The maximum atomic E-state index is 14.1. The predicted octanol–water partition coefficient (Wildman–Crippen LogP) is 2.35. The van der Waals surface area contributed by atoms with Crippen molar-refractivity contribution < 1.29 is 67.4 Å². The molecule has 0 saturated carbocycles. The van der Waals surface area contributed by atoms with E-state index in [0.29, 0.717) is 10.1 Å². The van der Waals surface area contributed by atoms with Crippen LogP contribution in [0.5, 0.6) is 28.7 Å². The van der Waals surface area contributed by atoms with Gasteiger partial charge < -0.3 is 32.6 Å². The van der Waals surface area contributed by atoms with Crippen molar-refractivity contribution in [1.29, 1.82) is 0 Å². The Morgan fingerprint density at radius 1 is 1.00 bits per heavy atom. The van der Waals surface area contributed by atoms with E-state index < -0.39 is 65.8 Å². The Balaban J connectivity index is 2.09. The smallest absolute Gasteiger partial charge is 0.493 e. The van der Waals surface area contributed by atoms with Crippen molar-refractivity contribution in [2.24, 2.45) is 0 Å². The number of benzene rings is 2. The number of ether oxygens (including phenoxy) is 6. The molecule has 0 N–H and O–H groups in total. The zero-order valence-corrected chi connectivity index (χ0v) is 22.7. The topological polar surface area (TPSA) is 153 Å². The quantitative estimate of drug-likeness (QED) is 0.245. The van der Waals surface area contributed by atoms with Gasteiger partial charge in [0.15, 0.2) is 34.5 Å². The molecule has 0 unspecified atom stereocenters. The highest BCUT2D eigenvalue weighted by atomic mass is 32.2. The zero-order chi connectivity index (χ0) is 29.6. The van der Waals surface area contributed by atoms with E-state index in [0.717, 1.165) is 34.5 Å². The van der Waals surface area contributed by atoms with Crippen molar-refractivity contribution >= 4 is 31.9 Å². The molecule has 2 aliphatic rings. The summed E-state index contributed by atoms with van der Waals surface area (Å²) in [6.45, 7) is -0.840. The number of hydrogen-bond acceptors (Lipinski definition) is 12. The van der Waals surface area contributed by atoms with E-state index >= 15 is 0 Å². The van der Waals surface area contributed by atoms with Gasteiger partial charge in [-0.15, -0.1) is 0 Å². The third-order valence-electron chi connectivity index (χ3n) is 5.66. The highest BCUT2D eigenvalue weighted by molar-refractivity contribution is 7.89. The lowest BCUT2D eigenvalue weighted by Crippen LogP contribution is -2.39. The molecule has 0 spiro atoms. The fraction of sp³-hybridized carbons (Fsp3) is 0.318. The number of nitrogens with zero attached hydrogens (tertiary/aromatic N) is 1. The highest BCUT2D eigenvalue weighted by Gasteiger charge is 2.53. The Hall–Kier alpha value is -4.06. The van der Waals surface area contributed by atoms with Crippen molar-refractivity contribution in [1.82, 2.24) is 4.31 Å². The molecule has 0 fully saturated rings. The van der Waals surface area contributed by atoms with Gasteiger partial charge in [0.1, 0.15) is 4.90 Å². The normalized spacial score (nSPS) is 15.8. The number of alkyl halides is 3. The first-order valence-electron chi connectivity index (χ1n) is 10.8. The lowest BCUT2D eigenvalue weighted by atomic mass is 10.1. The Kier molecular flexibility index (Phi) is 7.35. The average Bonchev–Trinajstić information content (AvgIpc) is 3.37. The van der Waals surface area contributed by atoms with Crippen LogP contribution in [0.3, 0.4) is 0 Å². The monoisotopic (exact) mass is 611 g/mol. The summed E-state index contributed by atoms with van der Waals surface area (Å²) in [4.78, 5) is 12.1. The van der Waals surface area contributed by atoms with Crippen LogP contribution in [0, 0.1) is 0 Å². The van der Waals surface area contributed by atoms with Gasteiger partial charge in [0.2, 0.25) is 12.5 Å². The Morgan fingerprint density at radius 2 is 1.65 bits per heavy atom. The van der Waals surface area contributed by atoms with Crippen LogP contribution in [0.2, 0.25) is 0 Å². The summed E-state index contributed by atoms with van der Waals surface area (Å²) < 4.78 is 128. The Bertz CT molecular complexity index is 1620. The van der Waals surface area contributed by atoms with Crippen molar-refractivity contribution in [3.8, 4) is 28.7 Å². The van der Waals surface area contributed by atoms with Gasteiger partial charge in [-0.3, -0.25) is 4.31 Å². The molecule has 0 amide bonds. The van der Waals surface area contributed by atoms with Crippen LogP contribution < -0.4 is 23.7 Å². The molecule has 2 aromatic rings. The number of carbonyl (C=O) groups is 1. The molecule has 40 heavy (non-hydrogen) atoms. The molecule has 13 nitrogen and oxygen atoms in total. The number of fused-ring (bicyclic) bond motifs is 2. The van der Waals surface area contributed by atoms with Crippen molar-refractivity contribution in [2.75, 3.05) is 35.2 Å². The molecule has 2 heterocycles. The van der Waals surface area contributed by atoms with Gasteiger partial charge in [-0.1, -0.05) is 6.07 Å². The van der Waals surface area contributed by atoms with Crippen molar-refractivity contribution in [3.05, 3.63) is 41.1 Å². The van der Waals surface area contributed by atoms with Crippen LogP contribution in [0.4, 0.5) is 13.2 Å². The summed E-state index contributed by atoms with van der Waals surface area (Å²) in [6.07, 6.45) is 0. The number of esters is 1. The minimum Gasteiger partial charge on any atom is -0.493 e. The summed E-state index contributed by atoms with van der Waals surface area (Å²) >= 11 is 0. The maximum absolute atomic E-state index is 14.1. The number of hydrogen-bond donors (Lipinski definition) is 0.